The maximum atomic E-state index is 10.5. The lowest BCUT2D eigenvalue weighted by molar-refractivity contribution is -0.385. The van der Waals surface area contributed by atoms with Crippen molar-refractivity contribution in [1.82, 2.24) is 0 Å². The van der Waals surface area contributed by atoms with E-state index in [-0.39, 0.29) is 14.8 Å². The van der Waals surface area contributed by atoms with Crippen LogP contribution in [0.4, 0.5) is 5.69 Å². The second kappa shape index (κ2) is 4.53. The minimum Gasteiger partial charge on any atom is -0.479 e. The summed E-state index contributed by atoms with van der Waals surface area (Å²) < 4.78 is 0.287. The summed E-state index contributed by atoms with van der Waals surface area (Å²) >= 11 is 1.71. The molecule has 0 saturated heterocycles. The Labute approximate surface area is 97.8 Å². The summed E-state index contributed by atoms with van der Waals surface area (Å²) in [4.78, 5) is 20.3. The van der Waals surface area contributed by atoms with Crippen molar-refractivity contribution < 1.29 is 19.9 Å². The fourth-order valence-corrected chi connectivity index (χ4v) is 1.72. The van der Waals surface area contributed by atoms with Crippen molar-refractivity contribution in [3.63, 3.8) is 0 Å². The summed E-state index contributed by atoms with van der Waals surface area (Å²) in [7, 11) is 0. The Morgan fingerprint density at radius 3 is 2.53 bits per heavy atom. The first-order chi connectivity index (χ1) is 6.93. The number of hydrogen-bond donors (Lipinski definition) is 2. The van der Waals surface area contributed by atoms with Crippen molar-refractivity contribution in [2.75, 3.05) is 0 Å². The van der Waals surface area contributed by atoms with Crippen molar-refractivity contribution in [2.24, 2.45) is 0 Å². The summed E-state index contributed by atoms with van der Waals surface area (Å²) in [5, 5.41) is 28.2. The number of benzene rings is 1. The van der Waals surface area contributed by atoms with Crippen LogP contribution < -0.4 is 0 Å². The van der Waals surface area contributed by atoms with Crippen LogP contribution in [0.2, 0.25) is 0 Å². The predicted molar refractivity (Wildman–Crippen MR) is 58.4 cm³/mol. The normalized spacial score (nSPS) is 12.1. The molecule has 0 aromatic heterocycles. The lowest BCUT2D eigenvalue weighted by Gasteiger charge is -2.05. The van der Waals surface area contributed by atoms with Gasteiger partial charge in [-0.25, -0.2) is 4.79 Å². The van der Waals surface area contributed by atoms with Gasteiger partial charge in [-0.1, -0.05) is 0 Å². The molecular formula is C8H6INO5. The zero-order valence-corrected chi connectivity index (χ0v) is 9.41. The Morgan fingerprint density at radius 2 is 2.13 bits per heavy atom. The summed E-state index contributed by atoms with van der Waals surface area (Å²) in [6.07, 6.45) is -1.65. The number of carboxylic acids is 1. The van der Waals surface area contributed by atoms with Gasteiger partial charge in [-0.15, -0.1) is 0 Å². The zero-order chi connectivity index (χ0) is 11.6. The van der Waals surface area contributed by atoms with E-state index in [2.05, 4.69) is 0 Å². The molecule has 1 aromatic carbocycles. The number of aliphatic carboxylic acids is 1. The SMILES string of the molecule is O=C(O)C(O)c1ccc([N+](=O)[O-])c(I)c1. The monoisotopic (exact) mass is 323 g/mol. The molecule has 0 spiro atoms. The van der Waals surface area contributed by atoms with Crippen molar-refractivity contribution >= 4 is 34.2 Å². The van der Waals surface area contributed by atoms with Crippen LogP contribution in [0.15, 0.2) is 18.2 Å². The van der Waals surface area contributed by atoms with E-state index < -0.39 is 17.0 Å². The third-order valence-corrected chi connectivity index (χ3v) is 2.58. The van der Waals surface area contributed by atoms with Crippen molar-refractivity contribution in [1.29, 1.82) is 0 Å². The number of halogens is 1. The summed E-state index contributed by atoms with van der Waals surface area (Å²) in [5.74, 6) is -1.39. The fraction of sp³-hybridized carbons (Fsp3) is 0.125. The first kappa shape index (κ1) is 11.9. The first-order valence-electron chi connectivity index (χ1n) is 3.78. The highest BCUT2D eigenvalue weighted by Gasteiger charge is 2.19. The molecule has 0 bridgehead atoms. The zero-order valence-electron chi connectivity index (χ0n) is 7.25. The van der Waals surface area contributed by atoms with Crippen LogP contribution in [0.3, 0.4) is 0 Å². The number of aliphatic hydroxyl groups excluding tert-OH is 1. The van der Waals surface area contributed by atoms with Crippen LogP contribution in [-0.4, -0.2) is 21.1 Å². The average Bonchev–Trinajstić information content (AvgIpc) is 2.15. The number of aliphatic hydroxyl groups is 1. The number of nitro groups is 1. The van der Waals surface area contributed by atoms with Crippen molar-refractivity contribution in [2.45, 2.75) is 6.10 Å². The molecule has 0 saturated carbocycles. The molecule has 1 unspecified atom stereocenters. The molecule has 7 heteroatoms. The number of rotatable bonds is 3. The second-order valence-electron chi connectivity index (χ2n) is 2.71. The van der Waals surface area contributed by atoms with Crippen LogP contribution in [-0.2, 0) is 4.79 Å². The van der Waals surface area contributed by atoms with Gasteiger partial charge in [-0.2, -0.15) is 0 Å². The topological polar surface area (TPSA) is 101 Å². The lowest BCUT2D eigenvalue weighted by Crippen LogP contribution is -2.10. The summed E-state index contributed by atoms with van der Waals surface area (Å²) in [5.41, 5.74) is 0.00874. The lowest BCUT2D eigenvalue weighted by atomic mass is 10.1. The highest BCUT2D eigenvalue weighted by Crippen LogP contribution is 2.24. The van der Waals surface area contributed by atoms with E-state index in [1.807, 2.05) is 0 Å². The Morgan fingerprint density at radius 1 is 1.53 bits per heavy atom. The van der Waals surface area contributed by atoms with Crippen molar-refractivity contribution in [3.8, 4) is 0 Å². The van der Waals surface area contributed by atoms with Gasteiger partial charge in [0.15, 0.2) is 6.10 Å². The molecule has 1 rings (SSSR count). The predicted octanol–water partition coefficient (Wildman–Crippen LogP) is 1.32. The second-order valence-corrected chi connectivity index (χ2v) is 3.87. The molecule has 1 aromatic rings. The van der Waals surface area contributed by atoms with Gasteiger partial charge in [0.1, 0.15) is 0 Å². The van der Waals surface area contributed by atoms with Gasteiger partial charge in [0.2, 0.25) is 0 Å². The van der Waals surface area contributed by atoms with Gasteiger partial charge in [-0.3, -0.25) is 10.1 Å². The van der Waals surface area contributed by atoms with E-state index in [0.29, 0.717) is 0 Å². The largest absolute Gasteiger partial charge is 0.479 e. The average molecular weight is 323 g/mol. The summed E-state index contributed by atoms with van der Waals surface area (Å²) in [6.45, 7) is 0. The van der Waals surface area contributed by atoms with Crippen LogP contribution in [0.5, 0.6) is 0 Å². The third-order valence-electron chi connectivity index (χ3n) is 1.72. The maximum Gasteiger partial charge on any atom is 0.337 e. The van der Waals surface area contributed by atoms with Gasteiger partial charge in [-0.05, 0) is 40.3 Å². The van der Waals surface area contributed by atoms with Gasteiger partial charge in [0.05, 0.1) is 8.49 Å². The van der Waals surface area contributed by atoms with Crippen LogP contribution >= 0.6 is 22.6 Å². The highest BCUT2D eigenvalue weighted by molar-refractivity contribution is 14.1. The first-order valence-corrected chi connectivity index (χ1v) is 4.86. The van der Waals surface area contributed by atoms with Crippen molar-refractivity contribution in [3.05, 3.63) is 37.4 Å². The molecule has 0 heterocycles. The van der Waals surface area contributed by atoms with E-state index in [0.717, 1.165) is 0 Å². The maximum absolute atomic E-state index is 10.5. The number of carbonyl (C=O) groups is 1. The van der Waals surface area contributed by atoms with E-state index in [1.54, 1.807) is 22.6 Å². The molecule has 1 atom stereocenters. The number of nitro benzene ring substituents is 1. The highest BCUT2D eigenvalue weighted by atomic mass is 127. The molecular weight excluding hydrogens is 317 g/mol. The standard InChI is InChI=1S/C8H6INO5/c9-5-3-4(7(11)8(12)13)1-2-6(5)10(14)15/h1-3,7,11H,(H,12,13). The summed E-state index contributed by atoms with van der Waals surface area (Å²) in [6, 6.07) is 3.67. The molecule has 6 nitrogen and oxygen atoms in total. The van der Waals surface area contributed by atoms with E-state index >= 15 is 0 Å². The molecule has 0 aliphatic carbocycles. The molecule has 0 aliphatic rings. The van der Waals surface area contributed by atoms with Crippen LogP contribution in [0.1, 0.15) is 11.7 Å². The molecule has 2 N–H and O–H groups in total. The van der Waals surface area contributed by atoms with Crippen LogP contribution in [0, 0.1) is 13.7 Å². The quantitative estimate of drug-likeness (QED) is 0.496. The fourth-order valence-electron chi connectivity index (χ4n) is 0.984. The Balaban J connectivity index is 3.12. The molecule has 0 radical (unpaired) electrons. The van der Waals surface area contributed by atoms with Gasteiger partial charge in [0, 0.05) is 6.07 Å². The molecule has 0 fully saturated rings. The molecule has 0 aliphatic heterocycles. The van der Waals surface area contributed by atoms with E-state index in [9.17, 15) is 20.0 Å². The molecule has 0 amide bonds. The smallest absolute Gasteiger partial charge is 0.337 e. The molecule has 80 valence electrons. The van der Waals surface area contributed by atoms with E-state index in [1.165, 1.54) is 18.2 Å². The van der Waals surface area contributed by atoms with E-state index in [4.69, 9.17) is 5.11 Å². The Bertz CT molecular complexity index is 419. The van der Waals surface area contributed by atoms with Gasteiger partial charge >= 0.3 is 5.97 Å². The minimum absolute atomic E-state index is 0.114. The minimum atomic E-state index is -1.65. The number of carboxylic acid groups (broad SMARTS) is 1. The number of nitrogens with zero attached hydrogens (tertiary/aromatic N) is 1. The van der Waals surface area contributed by atoms with Gasteiger partial charge in [0.25, 0.3) is 5.69 Å². The third kappa shape index (κ3) is 2.63. The number of hydrogen-bond acceptors (Lipinski definition) is 4. The Hall–Kier alpha value is -1.22. The van der Waals surface area contributed by atoms with Crippen LogP contribution in [0.25, 0.3) is 0 Å². The molecule has 15 heavy (non-hydrogen) atoms. The van der Waals surface area contributed by atoms with Gasteiger partial charge < -0.3 is 10.2 Å². The Kier molecular flexibility index (Phi) is 3.58.